The average molecular weight is 336 g/mol. The summed E-state index contributed by atoms with van der Waals surface area (Å²) in [5.74, 6) is 1.25. The molecule has 0 fully saturated rings. The number of carbonyl (C=O) groups excluding carboxylic acids is 1. The zero-order valence-electron chi connectivity index (χ0n) is 15.1. The summed E-state index contributed by atoms with van der Waals surface area (Å²) in [6.45, 7) is 5.17. The number of ether oxygens (including phenoxy) is 2. The molecule has 0 saturated heterocycles. The van der Waals surface area contributed by atoms with E-state index < -0.39 is 0 Å². The third kappa shape index (κ3) is 6.45. The van der Waals surface area contributed by atoms with Gasteiger partial charge in [0.15, 0.2) is 5.96 Å². The van der Waals surface area contributed by atoms with Crippen molar-refractivity contribution in [2.24, 2.45) is 4.99 Å². The maximum atomic E-state index is 11.7. The van der Waals surface area contributed by atoms with Crippen LogP contribution in [0.1, 0.15) is 24.1 Å². The van der Waals surface area contributed by atoms with E-state index in [1.54, 1.807) is 21.3 Å². The predicted molar refractivity (Wildman–Crippen MR) is 95.5 cm³/mol. The number of nitrogens with one attached hydrogen (secondary N) is 3. The second-order valence-corrected chi connectivity index (χ2v) is 5.38. The molecular weight excluding hydrogens is 308 g/mol. The first-order chi connectivity index (χ1) is 11.5. The minimum absolute atomic E-state index is 0.0254. The highest BCUT2D eigenvalue weighted by Gasteiger charge is 2.13. The summed E-state index contributed by atoms with van der Waals surface area (Å²) in [6.07, 6.45) is 0. The molecule has 0 heterocycles. The van der Waals surface area contributed by atoms with E-state index in [0.717, 1.165) is 16.9 Å². The van der Waals surface area contributed by atoms with Crippen LogP contribution in [0.3, 0.4) is 0 Å². The van der Waals surface area contributed by atoms with Gasteiger partial charge in [-0.05, 0) is 19.9 Å². The third-order valence-electron chi connectivity index (χ3n) is 3.47. The van der Waals surface area contributed by atoms with Crippen LogP contribution in [0.5, 0.6) is 5.75 Å². The van der Waals surface area contributed by atoms with Crippen LogP contribution in [0.2, 0.25) is 0 Å². The summed E-state index contributed by atoms with van der Waals surface area (Å²) in [5.41, 5.74) is 2.19. The fraction of sp³-hybridized carbons (Fsp3) is 0.529. The molecule has 0 saturated carbocycles. The molecule has 134 valence electrons. The SMILES string of the molecule is CN=C(NCC(=O)NCCOC)NC(C)c1cc(C)ccc1OC. The number of hydrogen-bond donors (Lipinski definition) is 3. The Morgan fingerprint density at radius 2 is 2.04 bits per heavy atom. The molecule has 24 heavy (non-hydrogen) atoms. The molecule has 1 aromatic rings. The maximum absolute atomic E-state index is 11.7. The standard InChI is InChI=1S/C17H28N4O3/c1-12-6-7-15(24-5)14(10-12)13(2)21-17(18-3)20-11-16(22)19-8-9-23-4/h6-7,10,13H,8-9,11H2,1-5H3,(H,19,22)(H2,18,20,21). The van der Waals surface area contributed by atoms with Crippen molar-refractivity contribution in [3.8, 4) is 5.75 Å². The second-order valence-electron chi connectivity index (χ2n) is 5.38. The lowest BCUT2D eigenvalue weighted by molar-refractivity contribution is -0.120. The van der Waals surface area contributed by atoms with Gasteiger partial charge in [-0.3, -0.25) is 9.79 Å². The van der Waals surface area contributed by atoms with Gasteiger partial charge in [-0.2, -0.15) is 0 Å². The Hall–Kier alpha value is -2.28. The highest BCUT2D eigenvalue weighted by atomic mass is 16.5. The van der Waals surface area contributed by atoms with E-state index in [2.05, 4.69) is 27.0 Å². The first kappa shape index (κ1) is 19.8. The number of methoxy groups -OCH3 is 2. The molecule has 0 aliphatic carbocycles. The molecule has 1 amide bonds. The van der Waals surface area contributed by atoms with E-state index in [1.807, 2.05) is 26.0 Å². The zero-order chi connectivity index (χ0) is 17.9. The third-order valence-corrected chi connectivity index (χ3v) is 3.47. The predicted octanol–water partition coefficient (Wildman–Crippen LogP) is 0.992. The summed E-state index contributed by atoms with van der Waals surface area (Å²) < 4.78 is 10.3. The summed E-state index contributed by atoms with van der Waals surface area (Å²) in [7, 11) is 4.91. The van der Waals surface area contributed by atoms with E-state index in [9.17, 15) is 4.79 Å². The molecular formula is C17H28N4O3. The lowest BCUT2D eigenvalue weighted by Crippen LogP contribution is -2.44. The molecule has 0 radical (unpaired) electrons. The second kappa shape index (κ2) is 10.5. The summed E-state index contributed by atoms with van der Waals surface area (Å²) in [5, 5.41) is 9.00. The number of amides is 1. The molecule has 1 atom stereocenters. The first-order valence-electron chi connectivity index (χ1n) is 7.89. The van der Waals surface area contributed by atoms with Crippen LogP contribution in [0, 0.1) is 6.92 Å². The van der Waals surface area contributed by atoms with Crippen LogP contribution in [0.4, 0.5) is 0 Å². The number of guanidine groups is 1. The van der Waals surface area contributed by atoms with Gasteiger partial charge in [-0.1, -0.05) is 17.7 Å². The summed E-state index contributed by atoms with van der Waals surface area (Å²) >= 11 is 0. The van der Waals surface area contributed by atoms with Crippen LogP contribution in [0.15, 0.2) is 23.2 Å². The van der Waals surface area contributed by atoms with E-state index in [0.29, 0.717) is 19.1 Å². The minimum Gasteiger partial charge on any atom is -0.496 e. The molecule has 1 unspecified atom stereocenters. The van der Waals surface area contributed by atoms with E-state index in [1.165, 1.54) is 0 Å². The maximum Gasteiger partial charge on any atom is 0.239 e. The Bertz CT molecular complexity index is 561. The van der Waals surface area contributed by atoms with Gasteiger partial charge in [0.2, 0.25) is 5.91 Å². The van der Waals surface area contributed by atoms with Gasteiger partial charge in [0.05, 0.1) is 26.3 Å². The van der Waals surface area contributed by atoms with Crippen molar-refractivity contribution in [1.82, 2.24) is 16.0 Å². The Morgan fingerprint density at radius 3 is 2.67 bits per heavy atom. The van der Waals surface area contributed by atoms with Crippen LogP contribution in [-0.4, -0.2) is 52.8 Å². The molecule has 0 spiro atoms. The Kier molecular flexibility index (Phi) is 8.64. The highest BCUT2D eigenvalue weighted by molar-refractivity contribution is 5.86. The molecule has 0 aliphatic rings. The van der Waals surface area contributed by atoms with Crippen molar-refractivity contribution in [2.45, 2.75) is 19.9 Å². The smallest absolute Gasteiger partial charge is 0.239 e. The van der Waals surface area contributed by atoms with Crippen LogP contribution in [0.25, 0.3) is 0 Å². The molecule has 3 N–H and O–H groups in total. The summed E-state index contributed by atoms with van der Waals surface area (Å²) in [4.78, 5) is 15.9. The summed E-state index contributed by atoms with van der Waals surface area (Å²) in [6, 6.07) is 6.00. The van der Waals surface area contributed by atoms with Crippen molar-refractivity contribution in [3.05, 3.63) is 29.3 Å². The highest BCUT2D eigenvalue weighted by Crippen LogP contribution is 2.25. The number of carbonyl (C=O) groups is 1. The fourth-order valence-corrected chi connectivity index (χ4v) is 2.19. The van der Waals surface area contributed by atoms with Crippen LogP contribution >= 0.6 is 0 Å². The molecule has 0 aromatic heterocycles. The molecule has 1 aromatic carbocycles. The van der Waals surface area contributed by atoms with E-state index in [4.69, 9.17) is 9.47 Å². The Morgan fingerprint density at radius 1 is 1.29 bits per heavy atom. The number of rotatable bonds is 8. The van der Waals surface area contributed by atoms with Crippen molar-refractivity contribution in [2.75, 3.05) is 41.0 Å². The molecule has 0 aliphatic heterocycles. The topological polar surface area (TPSA) is 84.0 Å². The van der Waals surface area contributed by atoms with Gasteiger partial charge in [0.1, 0.15) is 5.75 Å². The first-order valence-corrected chi connectivity index (χ1v) is 7.89. The van der Waals surface area contributed by atoms with Crippen LogP contribution < -0.4 is 20.7 Å². The van der Waals surface area contributed by atoms with Gasteiger partial charge >= 0.3 is 0 Å². The molecule has 7 nitrogen and oxygen atoms in total. The van der Waals surface area contributed by atoms with Crippen molar-refractivity contribution >= 4 is 11.9 Å². The van der Waals surface area contributed by atoms with Gasteiger partial charge < -0.3 is 25.4 Å². The minimum atomic E-state index is -0.115. The number of aryl methyl sites for hydroxylation is 1. The number of aliphatic imine (C=N–C) groups is 1. The molecule has 7 heteroatoms. The quantitative estimate of drug-likeness (QED) is 0.375. The average Bonchev–Trinajstić information content (AvgIpc) is 2.58. The van der Waals surface area contributed by atoms with Crippen LogP contribution in [-0.2, 0) is 9.53 Å². The van der Waals surface area contributed by atoms with Crippen molar-refractivity contribution in [3.63, 3.8) is 0 Å². The lowest BCUT2D eigenvalue weighted by atomic mass is 10.0. The normalized spacial score (nSPS) is 12.5. The number of benzene rings is 1. The van der Waals surface area contributed by atoms with Crippen molar-refractivity contribution < 1.29 is 14.3 Å². The van der Waals surface area contributed by atoms with Crippen molar-refractivity contribution in [1.29, 1.82) is 0 Å². The fourth-order valence-electron chi connectivity index (χ4n) is 2.19. The number of nitrogens with zero attached hydrogens (tertiary/aromatic N) is 1. The van der Waals surface area contributed by atoms with Gasteiger partial charge in [0, 0.05) is 26.3 Å². The van der Waals surface area contributed by atoms with Gasteiger partial charge in [-0.25, -0.2) is 0 Å². The monoisotopic (exact) mass is 336 g/mol. The lowest BCUT2D eigenvalue weighted by Gasteiger charge is -2.20. The van der Waals surface area contributed by atoms with Gasteiger partial charge in [0.25, 0.3) is 0 Å². The van der Waals surface area contributed by atoms with Gasteiger partial charge in [-0.15, -0.1) is 0 Å². The molecule has 0 bridgehead atoms. The van der Waals surface area contributed by atoms with E-state index >= 15 is 0 Å². The van der Waals surface area contributed by atoms with E-state index in [-0.39, 0.29) is 18.5 Å². The largest absolute Gasteiger partial charge is 0.496 e. The Balaban J connectivity index is 2.59. The number of hydrogen-bond acceptors (Lipinski definition) is 4. The molecule has 1 rings (SSSR count). The Labute approximate surface area is 143 Å². The zero-order valence-corrected chi connectivity index (χ0v) is 15.1.